The number of hydrogen-bond acceptors (Lipinski definition) is 2. The molecule has 4 heteroatoms. The number of carbonyl (C=O) groups is 2. The molecule has 1 saturated heterocycles. The van der Waals surface area contributed by atoms with Crippen molar-refractivity contribution in [1.29, 1.82) is 0 Å². The van der Waals surface area contributed by atoms with Crippen molar-refractivity contribution in [2.24, 2.45) is 0 Å². The van der Waals surface area contributed by atoms with Gasteiger partial charge in [-0.1, -0.05) is 30.3 Å². The van der Waals surface area contributed by atoms with Gasteiger partial charge in [-0.25, -0.2) is 4.79 Å². The molecule has 1 unspecified atom stereocenters. The maximum absolute atomic E-state index is 11.2. The van der Waals surface area contributed by atoms with Crippen LogP contribution >= 0.6 is 0 Å². The molecule has 0 aromatic heterocycles. The molecule has 1 N–H and O–H groups in total. The summed E-state index contributed by atoms with van der Waals surface area (Å²) in [4.78, 5) is 23.1. The van der Waals surface area contributed by atoms with Crippen LogP contribution in [0.5, 0.6) is 0 Å². The molecule has 4 nitrogen and oxygen atoms in total. The lowest BCUT2D eigenvalue weighted by Gasteiger charge is -2.36. The van der Waals surface area contributed by atoms with Gasteiger partial charge in [0.15, 0.2) is 5.78 Å². The van der Waals surface area contributed by atoms with Crippen LogP contribution in [-0.4, -0.2) is 34.5 Å². The summed E-state index contributed by atoms with van der Waals surface area (Å²) >= 11 is 0. The van der Waals surface area contributed by atoms with Crippen molar-refractivity contribution >= 4 is 11.9 Å². The molecule has 0 bridgehead atoms. The fraction of sp³-hybridized carbons (Fsp3) is 0.273. The standard InChI is InChI=1S/C11H11NO3/c13-10-7-12(11(14)15)9(10)6-8-4-2-1-3-5-8/h1-5,9H,6-7H2,(H,14,15). The average molecular weight is 205 g/mol. The highest BCUT2D eigenvalue weighted by atomic mass is 16.4. The van der Waals surface area contributed by atoms with Gasteiger partial charge in [-0.2, -0.15) is 0 Å². The minimum atomic E-state index is -1.02. The first-order valence-corrected chi connectivity index (χ1v) is 4.74. The monoisotopic (exact) mass is 205 g/mol. The normalized spacial score (nSPS) is 19.9. The Labute approximate surface area is 87.1 Å². The third-order valence-electron chi connectivity index (χ3n) is 2.59. The summed E-state index contributed by atoms with van der Waals surface area (Å²) in [7, 11) is 0. The van der Waals surface area contributed by atoms with Crippen molar-refractivity contribution in [1.82, 2.24) is 4.90 Å². The number of benzene rings is 1. The van der Waals surface area contributed by atoms with E-state index in [2.05, 4.69) is 0 Å². The first kappa shape index (κ1) is 9.71. The Morgan fingerprint density at radius 1 is 1.40 bits per heavy atom. The largest absolute Gasteiger partial charge is 0.465 e. The predicted molar refractivity (Wildman–Crippen MR) is 53.7 cm³/mol. The van der Waals surface area contributed by atoms with Gasteiger partial charge in [-0.05, 0) is 5.56 Å². The first-order chi connectivity index (χ1) is 7.18. The Balaban J connectivity index is 2.06. The maximum atomic E-state index is 11.2. The molecule has 0 spiro atoms. The van der Waals surface area contributed by atoms with Crippen LogP contribution in [0.25, 0.3) is 0 Å². The van der Waals surface area contributed by atoms with E-state index in [4.69, 9.17) is 5.11 Å². The molecule has 1 heterocycles. The number of rotatable bonds is 2. The van der Waals surface area contributed by atoms with Gasteiger partial charge in [0, 0.05) is 6.42 Å². The third-order valence-corrected chi connectivity index (χ3v) is 2.59. The van der Waals surface area contributed by atoms with E-state index >= 15 is 0 Å². The average Bonchev–Trinajstić information content (AvgIpc) is 2.23. The zero-order valence-corrected chi connectivity index (χ0v) is 8.09. The molecule has 78 valence electrons. The Bertz CT molecular complexity index is 388. The molecule has 1 atom stereocenters. The van der Waals surface area contributed by atoms with Crippen LogP contribution in [-0.2, 0) is 11.2 Å². The second-order valence-electron chi connectivity index (χ2n) is 3.58. The predicted octanol–water partition coefficient (Wildman–Crippen LogP) is 1.16. The fourth-order valence-corrected chi connectivity index (χ4v) is 1.71. The second-order valence-corrected chi connectivity index (χ2v) is 3.58. The van der Waals surface area contributed by atoms with Gasteiger partial charge in [0.2, 0.25) is 0 Å². The van der Waals surface area contributed by atoms with Crippen molar-refractivity contribution in [2.45, 2.75) is 12.5 Å². The number of nitrogens with zero attached hydrogens (tertiary/aromatic N) is 1. The molecule has 0 radical (unpaired) electrons. The van der Waals surface area contributed by atoms with Crippen molar-refractivity contribution in [2.75, 3.05) is 6.54 Å². The first-order valence-electron chi connectivity index (χ1n) is 4.74. The number of hydrogen-bond donors (Lipinski definition) is 1. The highest BCUT2D eigenvalue weighted by molar-refractivity contribution is 5.97. The van der Waals surface area contributed by atoms with Crippen molar-refractivity contribution < 1.29 is 14.7 Å². The lowest BCUT2D eigenvalue weighted by Crippen LogP contribution is -2.59. The summed E-state index contributed by atoms with van der Waals surface area (Å²) in [6.45, 7) is 0.0346. The van der Waals surface area contributed by atoms with Gasteiger partial charge >= 0.3 is 6.09 Å². The Morgan fingerprint density at radius 2 is 2.07 bits per heavy atom. The van der Waals surface area contributed by atoms with E-state index in [1.807, 2.05) is 30.3 Å². The number of Topliss-reactive ketones (excluding diaryl/α,β-unsaturated/α-hetero) is 1. The Morgan fingerprint density at radius 3 is 2.60 bits per heavy atom. The molecule has 0 aliphatic carbocycles. The SMILES string of the molecule is O=C1CN(C(=O)O)C1Cc1ccccc1. The molecule has 1 aromatic rings. The zero-order valence-electron chi connectivity index (χ0n) is 8.09. The molecule has 1 aromatic carbocycles. The molecule has 1 amide bonds. The van der Waals surface area contributed by atoms with E-state index in [1.165, 1.54) is 4.90 Å². The lowest BCUT2D eigenvalue weighted by atomic mass is 9.94. The molecule has 1 aliphatic rings. The Kier molecular flexibility index (Phi) is 2.41. The molecule has 1 fully saturated rings. The molecular weight excluding hydrogens is 194 g/mol. The van der Waals surface area contributed by atoms with Crippen LogP contribution in [0, 0.1) is 0 Å². The number of carbonyl (C=O) groups excluding carboxylic acids is 1. The van der Waals surface area contributed by atoms with Crippen LogP contribution in [0.3, 0.4) is 0 Å². The number of likely N-dealkylation sites (tertiary alicyclic amines) is 1. The van der Waals surface area contributed by atoms with Gasteiger partial charge < -0.3 is 5.11 Å². The lowest BCUT2D eigenvalue weighted by molar-refractivity contribution is -0.133. The molecule has 1 aliphatic heterocycles. The second kappa shape index (κ2) is 3.73. The van der Waals surface area contributed by atoms with Crippen LogP contribution < -0.4 is 0 Å². The van der Waals surface area contributed by atoms with Crippen molar-refractivity contribution in [3.63, 3.8) is 0 Å². The van der Waals surface area contributed by atoms with Gasteiger partial charge in [0.1, 0.15) is 6.04 Å². The summed E-state index contributed by atoms with van der Waals surface area (Å²) in [5.41, 5.74) is 0.988. The van der Waals surface area contributed by atoms with Crippen LogP contribution in [0.15, 0.2) is 30.3 Å². The smallest absolute Gasteiger partial charge is 0.408 e. The molecule has 0 saturated carbocycles. The zero-order chi connectivity index (χ0) is 10.8. The molecule has 15 heavy (non-hydrogen) atoms. The van der Waals surface area contributed by atoms with Crippen LogP contribution in [0.1, 0.15) is 5.56 Å². The van der Waals surface area contributed by atoms with Gasteiger partial charge in [-0.15, -0.1) is 0 Å². The third kappa shape index (κ3) is 1.83. The summed E-state index contributed by atoms with van der Waals surface area (Å²) in [5.74, 6) is 0.00116. The van der Waals surface area contributed by atoms with E-state index in [1.54, 1.807) is 0 Å². The highest BCUT2D eigenvalue weighted by Crippen LogP contribution is 2.18. The van der Waals surface area contributed by atoms with Crippen molar-refractivity contribution in [3.05, 3.63) is 35.9 Å². The van der Waals surface area contributed by atoms with Gasteiger partial charge in [0.05, 0.1) is 6.54 Å². The fourth-order valence-electron chi connectivity index (χ4n) is 1.71. The minimum absolute atomic E-state index is 0.00116. The minimum Gasteiger partial charge on any atom is -0.465 e. The van der Waals surface area contributed by atoms with Gasteiger partial charge in [0.25, 0.3) is 0 Å². The van der Waals surface area contributed by atoms with E-state index in [0.717, 1.165) is 5.56 Å². The van der Waals surface area contributed by atoms with E-state index < -0.39 is 12.1 Å². The van der Waals surface area contributed by atoms with Gasteiger partial charge in [-0.3, -0.25) is 9.69 Å². The quantitative estimate of drug-likeness (QED) is 0.788. The number of carboxylic acid groups (broad SMARTS) is 1. The number of amides is 1. The van der Waals surface area contributed by atoms with E-state index in [9.17, 15) is 9.59 Å². The number of ketones is 1. The highest BCUT2D eigenvalue weighted by Gasteiger charge is 2.40. The van der Waals surface area contributed by atoms with Crippen LogP contribution in [0.2, 0.25) is 0 Å². The maximum Gasteiger partial charge on any atom is 0.408 e. The van der Waals surface area contributed by atoms with E-state index in [-0.39, 0.29) is 12.3 Å². The van der Waals surface area contributed by atoms with Crippen molar-refractivity contribution in [3.8, 4) is 0 Å². The summed E-state index contributed by atoms with van der Waals surface area (Å²) in [6, 6.07) is 8.95. The summed E-state index contributed by atoms with van der Waals surface area (Å²) in [5, 5.41) is 8.77. The Hall–Kier alpha value is -1.84. The summed E-state index contributed by atoms with van der Waals surface area (Å²) in [6.07, 6.45) is -0.540. The summed E-state index contributed by atoms with van der Waals surface area (Å²) < 4.78 is 0. The molecule has 2 rings (SSSR count). The molecular formula is C11H11NO3. The van der Waals surface area contributed by atoms with Crippen LogP contribution in [0.4, 0.5) is 4.79 Å². The van der Waals surface area contributed by atoms with E-state index in [0.29, 0.717) is 6.42 Å². The topological polar surface area (TPSA) is 57.6 Å².